The lowest BCUT2D eigenvalue weighted by atomic mass is 9.77. The van der Waals surface area contributed by atoms with Crippen LogP contribution in [-0.2, 0) is 11.8 Å². The Balaban J connectivity index is 1.51. The number of aryl methyl sites for hydroxylation is 2. The number of likely N-dealkylation sites (tertiary alicyclic amines) is 1. The van der Waals surface area contributed by atoms with Crippen molar-refractivity contribution in [1.29, 1.82) is 0 Å². The maximum Gasteiger partial charge on any atom is 0.272 e. The second-order valence-corrected chi connectivity index (χ2v) is 8.54. The molecule has 1 atom stereocenters. The Morgan fingerprint density at radius 2 is 2.06 bits per heavy atom. The number of carbonyl (C=O) groups excluding carboxylic acids is 1. The number of aromatic nitrogens is 5. The highest BCUT2D eigenvalue weighted by atomic mass is 16.2. The SMILES string of the molecule is Cc1cc(C(=O)N2CCCC3(CCc4c3nc(-c3cccnc3)[nH]c4=O)C2)nc(C)n1. The van der Waals surface area contributed by atoms with Crippen LogP contribution in [0.1, 0.15) is 52.5 Å². The third-order valence-corrected chi connectivity index (χ3v) is 6.36. The molecule has 1 N–H and O–H groups in total. The summed E-state index contributed by atoms with van der Waals surface area (Å²) in [5.41, 5.74) is 3.17. The summed E-state index contributed by atoms with van der Waals surface area (Å²) in [7, 11) is 0. The van der Waals surface area contributed by atoms with Gasteiger partial charge in [0.05, 0.1) is 5.69 Å². The van der Waals surface area contributed by atoms with Crippen LogP contribution in [0, 0.1) is 13.8 Å². The average molecular weight is 416 g/mol. The number of amides is 1. The van der Waals surface area contributed by atoms with E-state index in [0.717, 1.165) is 41.8 Å². The number of hydrogen-bond acceptors (Lipinski definition) is 6. The molecule has 1 aliphatic heterocycles. The van der Waals surface area contributed by atoms with Gasteiger partial charge in [0.25, 0.3) is 11.5 Å². The number of nitrogens with one attached hydrogen (secondary N) is 1. The molecule has 0 radical (unpaired) electrons. The van der Waals surface area contributed by atoms with Gasteiger partial charge in [0.2, 0.25) is 0 Å². The van der Waals surface area contributed by atoms with Crippen LogP contribution >= 0.6 is 0 Å². The smallest absolute Gasteiger partial charge is 0.272 e. The standard InChI is InChI=1S/C23H24N6O2/c1-14-11-18(26-15(2)25-14)22(31)29-10-4-7-23(13-29)8-6-17-19(23)27-20(28-21(17)30)16-5-3-9-24-12-16/h3,5,9,11-12H,4,6-8,10,13H2,1-2H3,(H,27,28,30). The van der Waals surface area contributed by atoms with E-state index >= 15 is 0 Å². The molecule has 1 fully saturated rings. The lowest BCUT2D eigenvalue weighted by Crippen LogP contribution is -2.48. The number of hydrogen-bond donors (Lipinski definition) is 1. The molecule has 1 aliphatic carbocycles. The summed E-state index contributed by atoms with van der Waals surface area (Å²) in [6, 6.07) is 5.45. The van der Waals surface area contributed by atoms with Crippen molar-refractivity contribution in [3.8, 4) is 11.4 Å². The molecule has 2 aliphatic rings. The van der Waals surface area contributed by atoms with Crippen LogP contribution in [0.3, 0.4) is 0 Å². The fourth-order valence-corrected chi connectivity index (χ4v) is 4.98. The number of pyridine rings is 1. The van der Waals surface area contributed by atoms with Gasteiger partial charge >= 0.3 is 0 Å². The summed E-state index contributed by atoms with van der Waals surface area (Å²) in [4.78, 5) is 48.5. The maximum atomic E-state index is 13.3. The van der Waals surface area contributed by atoms with Gasteiger partial charge in [-0.1, -0.05) is 0 Å². The van der Waals surface area contributed by atoms with E-state index in [0.29, 0.717) is 36.9 Å². The monoisotopic (exact) mass is 416 g/mol. The van der Waals surface area contributed by atoms with E-state index < -0.39 is 0 Å². The van der Waals surface area contributed by atoms with Gasteiger partial charge in [0, 0.05) is 47.7 Å². The van der Waals surface area contributed by atoms with E-state index in [-0.39, 0.29) is 16.9 Å². The van der Waals surface area contributed by atoms with Crippen LogP contribution < -0.4 is 5.56 Å². The number of nitrogens with zero attached hydrogens (tertiary/aromatic N) is 5. The summed E-state index contributed by atoms with van der Waals surface area (Å²) in [5.74, 6) is 1.04. The molecule has 4 heterocycles. The van der Waals surface area contributed by atoms with Gasteiger partial charge < -0.3 is 9.88 Å². The maximum absolute atomic E-state index is 13.3. The quantitative estimate of drug-likeness (QED) is 0.688. The first kappa shape index (κ1) is 19.5. The molecule has 8 heteroatoms. The topological polar surface area (TPSA) is 105 Å². The fraction of sp³-hybridized carbons (Fsp3) is 0.391. The van der Waals surface area contributed by atoms with Crippen molar-refractivity contribution in [3.05, 3.63) is 69.4 Å². The molecule has 1 spiro atoms. The Morgan fingerprint density at radius 1 is 1.19 bits per heavy atom. The Kier molecular flexibility index (Phi) is 4.64. The Hall–Kier alpha value is -3.42. The van der Waals surface area contributed by atoms with E-state index in [1.165, 1.54) is 0 Å². The van der Waals surface area contributed by atoms with Crippen LogP contribution in [0.25, 0.3) is 11.4 Å². The zero-order valence-electron chi connectivity index (χ0n) is 17.7. The van der Waals surface area contributed by atoms with Crippen LogP contribution in [0.2, 0.25) is 0 Å². The Morgan fingerprint density at radius 3 is 2.84 bits per heavy atom. The lowest BCUT2D eigenvalue weighted by Gasteiger charge is -2.40. The van der Waals surface area contributed by atoms with Crippen LogP contribution in [0.4, 0.5) is 0 Å². The highest BCUT2D eigenvalue weighted by molar-refractivity contribution is 5.92. The first-order chi connectivity index (χ1) is 14.9. The molecular weight excluding hydrogens is 392 g/mol. The second-order valence-electron chi connectivity index (χ2n) is 8.54. The molecule has 1 saturated heterocycles. The fourth-order valence-electron chi connectivity index (χ4n) is 4.98. The normalized spacial score (nSPS) is 20.1. The highest BCUT2D eigenvalue weighted by Crippen LogP contribution is 2.43. The van der Waals surface area contributed by atoms with Crippen molar-refractivity contribution in [1.82, 2.24) is 29.8 Å². The summed E-state index contributed by atoms with van der Waals surface area (Å²) in [6.07, 6.45) is 6.67. The van der Waals surface area contributed by atoms with E-state index in [4.69, 9.17) is 4.98 Å². The van der Waals surface area contributed by atoms with Crippen LogP contribution in [0.15, 0.2) is 35.4 Å². The number of carbonyl (C=O) groups is 1. The third-order valence-electron chi connectivity index (χ3n) is 6.36. The molecule has 158 valence electrons. The van der Waals surface area contributed by atoms with Crippen molar-refractivity contribution in [2.45, 2.75) is 44.9 Å². The predicted molar refractivity (Wildman–Crippen MR) is 115 cm³/mol. The third kappa shape index (κ3) is 3.41. The zero-order chi connectivity index (χ0) is 21.6. The van der Waals surface area contributed by atoms with Gasteiger partial charge in [-0.15, -0.1) is 0 Å². The van der Waals surface area contributed by atoms with E-state index in [2.05, 4.69) is 19.9 Å². The Labute approximate surface area is 179 Å². The van der Waals surface area contributed by atoms with E-state index in [1.54, 1.807) is 25.4 Å². The second kappa shape index (κ2) is 7.37. The van der Waals surface area contributed by atoms with Gasteiger partial charge in [0.15, 0.2) is 0 Å². The summed E-state index contributed by atoms with van der Waals surface area (Å²) in [5, 5.41) is 0. The summed E-state index contributed by atoms with van der Waals surface area (Å²) in [6.45, 7) is 4.89. The van der Waals surface area contributed by atoms with Gasteiger partial charge in [-0.05, 0) is 57.7 Å². The number of rotatable bonds is 2. The number of H-pyrrole nitrogens is 1. The average Bonchev–Trinajstić information content (AvgIpc) is 3.11. The molecule has 31 heavy (non-hydrogen) atoms. The van der Waals surface area contributed by atoms with Crippen molar-refractivity contribution in [2.75, 3.05) is 13.1 Å². The van der Waals surface area contributed by atoms with Gasteiger partial charge in [-0.25, -0.2) is 15.0 Å². The van der Waals surface area contributed by atoms with E-state index in [1.807, 2.05) is 24.0 Å². The van der Waals surface area contributed by atoms with Gasteiger partial charge in [-0.3, -0.25) is 14.6 Å². The molecule has 5 rings (SSSR count). The summed E-state index contributed by atoms with van der Waals surface area (Å²) >= 11 is 0. The first-order valence-electron chi connectivity index (χ1n) is 10.6. The molecule has 8 nitrogen and oxygen atoms in total. The number of aromatic amines is 1. The van der Waals surface area contributed by atoms with Crippen LogP contribution in [-0.4, -0.2) is 48.8 Å². The molecule has 1 amide bonds. The van der Waals surface area contributed by atoms with E-state index in [9.17, 15) is 9.59 Å². The van der Waals surface area contributed by atoms with Gasteiger partial charge in [0.1, 0.15) is 17.3 Å². The minimum Gasteiger partial charge on any atom is -0.336 e. The predicted octanol–water partition coefficient (Wildman–Crippen LogP) is 2.36. The minimum atomic E-state index is -0.300. The molecule has 0 bridgehead atoms. The molecule has 3 aromatic heterocycles. The molecular formula is C23H24N6O2. The minimum absolute atomic E-state index is 0.0848. The molecule has 1 unspecified atom stereocenters. The van der Waals surface area contributed by atoms with Crippen molar-refractivity contribution < 1.29 is 4.79 Å². The lowest BCUT2D eigenvalue weighted by molar-refractivity contribution is 0.0627. The molecule has 0 aromatic carbocycles. The Bertz CT molecular complexity index is 1200. The molecule has 3 aromatic rings. The zero-order valence-corrected chi connectivity index (χ0v) is 17.7. The summed E-state index contributed by atoms with van der Waals surface area (Å²) < 4.78 is 0. The van der Waals surface area contributed by atoms with Gasteiger partial charge in [-0.2, -0.15) is 0 Å². The number of piperidine rings is 1. The van der Waals surface area contributed by atoms with Crippen molar-refractivity contribution in [2.24, 2.45) is 0 Å². The molecule has 0 saturated carbocycles. The van der Waals surface area contributed by atoms with Crippen molar-refractivity contribution >= 4 is 5.91 Å². The first-order valence-corrected chi connectivity index (χ1v) is 10.6. The van der Waals surface area contributed by atoms with Crippen molar-refractivity contribution in [3.63, 3.8) is 0 Å². The largest absolute Gasteiger partial charge is 0.336 e. The number of fused-ring (bicyclic) bond motifs is 2. The highest BCUT2D eigenvalue weighted by Gasteiger charge is 2.46. The van der Waals surface area contributed by atoms with Crippen LogP contribution in [0.5, 0.6) is 0 Å².